The molecule has 0 spiro atoms. The Kier molecular flexibility index (Phi) is 6.49. The number of urea groups is 1. The van der Waals surface area contributed by atoms with E-state index >= 15 is 0 Å². The number of nitrogens with one attached hydrogen (secondary N) is 1. The lowest BCUT2D eigenvalue weighted by Gasteiger charge is -2.32. The summed E-state index contributed by atoms with van der Waals surface area (Å²) in [7, 11) is 0. The highest BCUT2D eigenvalue weighted by Gasteiger charge is 2.24. The second-order valence-corrected chi connectivity index (χ2v) is 6.99. The molecule has 134 valence electrons. The van der Waals surface area contributed by atoms with Crippen molar-refractivity contribution in [1.29, 1.82) is 0 Å². The molecule has 25 heavy (non-hydrogen) atoms. The van der Waals surface area contributed by atoms with Crippen LogP contribution >= 0.6 is 22.9 Å². The molecule has 3 heterocycles. The largest absolute Gasteiger partial charge is 0.488 e. The normalized spacial score (nSPS) is 17.3. The lowest BCUT2D eigenvalue weighted by atomic mass is 10.3. The van der Waals surface area contributed by atoms with Crippen molar-refractivity contribution in [3.8, 4) is 5.75 Å². The topological polar surface area (TPSA) is 63.7 Å². The summed E-state index contributed by atoms with van der Waals surface area (Å²) in [5, 5.41) is 5.32. The molecule has 0 aromatic carbocycles. The monoisotopic (exact) mass is 381 g/mol. The van der Waals surface area contributed by atoms with Crippen LogP contribution in [0.5, 0.6) is 5.75 Å². The Balaban J connectivity index is 1.42. The van der Waals surface area contributed by atoms with Crippen molar-refractivity contribution >= 4 is 29.0 Å². The molecule has 1 N–H and O–H groups in total. The van der Waals surface area contributed by atoms with Crippen molar-refractivity contribution in [3.05, 3.63) is 45.9 Å². The van der Waals surface area contributed by atoms with E-state index in [0.717, 1.165) is 6.42 Å². The number of pyridine rings is 1. The fourth-order valence-corrected chi connectivity index (χ4v) is 3.41. The van der Waals surface area contributed by atoms with Gasteiger partial charge in [0.2, 0.25) is 0 Å². The van der Waals surface area contributed by atoms with Crippen LogP contribution in [0.25, 0.3) is 0 Å². The van der Waals surface area contributed by atoms with Gasteiger partial charge in [-0.05, 0) is 30.0 Å². The van der Waals surface area contributed by atoms with Crippen LogP contribution in [0.15, 0.2) is 35.8 Å². The van der Waals surface area contributed by atoms with Gasteiger partial charge in [0.05, 0.1) is 13.2 Å². The molecule has 1 fully saturated rings. The van der Waals surface area contributed by atoms with E-state index in [4.69, 9.17) is 21.1 Å². The quantitative estimate of drug-likeness (QED) is 0.781. The van der Waals surface area contributed by atoms with Gasteiger partial charge in [-0.2, -0.15) is 0 Å². The van der Waals surface area contributed by atoms with Gasteiger partial charge in [-0.15, -0.1) is 11.3 Å². The SMILES string of the molecule is O=C(NCCc1cccs1)N1CCOC(COc2cccnc2Cl)C1. The third-order valence-electron chi connectivity index (χ3n) is 3.80. The number of carbonyl (C=O) groups excluding carboxylic acids is 1. The number of hydrogen-bond donors (Lipinski definition) is 1. The minimum absolute atomic E-state index is 0.0655. The number of nitrogens with zero attached hydrogens (tertiary/aromatic N) is 2. The van der Waals surface area contributed by atoms with Gasteiger partial charge in [0.15, 0.2) is 10.9 Å². The molecule has 1 saturated heterocycles. The zero-order chi connectivity index (χ0) is 17.5. The maximum atomic E-state index is 12.3. The Morgan fingerprint density at radius 1 is 1.48 bits per heavy atom. The lowest BCUT2D eigenvalue weighted by molar-refractivity contribution is -0.0352. The van der Waals surface area contributed by atoms with E-state index in [1.54, 1.807) is 34.6 Å². The first-order valence-electron chi connectivity index (χ1n) is 8.12. The fraction of sp³-hybridized carbons (Fsp3) is 0.412. The summed E-state index contributed by atoms with van der Waals surface area (Å²) < 4.78 is 11.3. The number of aromatic nitrogens is 1. The average molecular weight is 382 g/mol. The van der Waals surface area contributed by atoms with Crippen molar-refractivity contribution in [3.63, 3.8) is 0 Å². The zero-order valence-electron chi connectivity index (χ0n) is 13.7. The number of rotatable bonds is 6. The number of halogens is 1. The summed E-state index contributed by atoms with van der Waals surface area (Å²) in [5.41, 5.74) is 0. The summed E-state index contributed by atoms with van der Waals surface area (Å²) in [6.07, 6.45) is 2.27. The highest BCUT2D eigenvalue weighted by molar-refractivity contribution is 7.09. The van der Waals surface area contributed by atoms with Gasteiger partial charge in [-0.25, -0.2) is 9.78 Å². The van der Waals surface area contributed by atoms with E-state index < -0.39 is 0 Å². The van der Waals surface area contributed by atoms with Gasteiger partial charge in [-0.3, -0.25) is 0 Å². The second kappa shape index (κ2) is 9.03. The Hall–Kier alpha value is -1.83. The van der Waals surface area contributed by atoms with E-state index in [0.29, 0.717) is 43.8 Å². The zero-order valence-corrected chi connectivity index (χ0v) is 15.3. The first-order valence-corrected chi connectivity index (χ1v) is 9.38. The number of amides is 2. The van der Waals surface area contributed by atoms with Crippen LogP contribution in [-0.4, -0.2) is 54.9 Å². The molecule has 1 atom stereocenters. The maximum Gasteiger partial charge on any atom is 0.317 e. The van der Waals surface area contributed by atoms with Crippen molar-refractivity contribution in [2.45, 2.75) is 12.5 Å². The molecule has 2 aromatic rings. The highest BCUT2D eigenvalue weighted by Crippen LogP contribution is 2.21. The van der Waals surface area contributed by atoms with E-state index in [2.05, 4.69) is 16.4 Å². The molecular weight excluding hydrogens is 362 g/mol. The van der Waals surface area contributed by atoms with Crippen molar-refractivity contribution in [2.75, 3.05) is 32.8 Å². The Bertz CT molecular complexity index is 684. The molecule has 1 aliphatic rings. The molecule has 0 aliphatic carbocycles. The van der Waals surface area contributed by atoms with Crippen molar-refractivity contribution in [2.24, 2.45) is 0 Å². The molecule has 8 heteroatoms. The minimum atomic E-state index is -0.187. The smallest absolute Gasteiger partial charge is 0.317 e. The molecule has 1 aliphatic heterocycles. The van der Waals surface area contributed by atoms with Crippen LogP contribution in [0.2, 0.25) is 5.15 Å². The van der Waals surface area contributed by atoms with Gasteiger partial charge >= 0.3 is 6.03 Å². The van der Waals surface area contributed by atoms with Gasteiger partial charge in [0, 0.05) is 24.2 Å². The second-order valence-electron chi connectivity index (χ2n) is 5.60. The van der Waals surface area contributed by atoms with Crippen LogP contribution in [0.1, 0.15) is 4.88 Å². The number of thiophene rings is 1. The van der Waals surface area contributed by atoms with Gasteiger partial charge in [0.1, 0.15) is 12.7 Å². The molecule has 1 unspecified atom stereocenters. The third-order valence-corrected chi connectivity index (χ3v) is 5.02. The predicted octanol–water partition coefficient (Wildman–Crippen LogP) is 2.83. The lowest BCUT2D eigenvalue weighted by Crippen LogP contribution is -2.51. The van der Waals surface area contributed by atoms with E-state index in [-0.39, 0.29) is 12.1 Å². The highest BCUT2D eigenvalue weighted by atomic mass is 35.5. The summed E-state index contributed by atoms with van der Waals surface area (Å²) in [6, 6.07) is 7.54. The van der Waals surface area contributed by atoms with Gasteiger partial charge in [0.25, 0.3) is 0 Å². The van der Waals surface area contributed by atoms with E-state index in [9.17, 15) is 4.79 Å². The van der Waals surface area contributed by atoms with Crippen LogP contribution in [0.4, 0.5) is 4.79 Å². The van der Waals surface area contributed by atoms with Crippen LogP contribution < -0.4 is 10.1 Å². The summed E-state index contributed by atoms with van der Waals surface area (Å²) in [6.45, 7) is 2.51. The number of hydrogen-bond acceptors (Lipinski definition) is 5. The van der Waals surface area contributed by atoms with E-state index in [1.165, 1.54) is 4.88 Å². The first-order chi connectivity index (χ1) is 12.2. The molecule has 3 rings (SSSR count). The van der Waals surface area contributed by atoms with Crippen molar-refractivity contribution in [1.82, 2.24) is 15.2 Å². The molecule has 6 nitrogen and oxygen atoms in total. The molecule has 2 amide bonds. The third kappa shape index (κ3) is 5.32. The number of carbonyl (C=O) groups is 1. The Labute approximate surface area is 155 Å². The summed E-state index contributed by atoms with van der Waals surface area (Å²) in [5.74, 6) is 0.519. The molecular formula is C17H20ClN3O3S. The van der Waals surface area contributed by atoms with Crippen LogP contribution in [0, 0.1) is 0 Å². The minimum Gasteiger partial charge on any atom is -0.488 e. The summed E-state index contributed by atoms with van der Waals surface area (Å²) >= 11 is 7.67. The first kappa shape index (κ1) is 18.0. The predicted molar refractivity (Wildman–Crippen MR) is 97.5 cm³/mol. The van der Waals surface area contributed by atoms with Crippen LogP contribution in [0.3, 0.4) is 0 Å². The van der Waals surface area contributed by atoms with Gasteiger partial charge < -0.3 is 19.7 Å². The maximum absolute atomic E-state index is 12.3. The average Bonchev–Trinajstić information content (AvgIpc) is 3.15. The van der Waals surface area contributed by atoms with Crippen molar-refractivity contribution < 1.29 is 14.3 Å². The number of ether oxygens (including phenoxy) is 2. The summed E-state index contributed by atoms with van der Waals surface area (Å²) in [4.78, 5) is 19.3. The molecule has 0 saturated carbocycles. The van der Waals surface area contributed by atoms with Crippen LogP contribution in [-0.2, 0) is 11.2 Å². The molecule has 0 radical (unpaired) electrons. The Morgan fingerprint density at radius 3 is 3.20 bits per heavy atom. The van der Waals surface area contributed by atoms with Gasteiger partial charge in [-0.1, -0.05) is 17.7 Å². The van der Waals surface area contributed by atoms with E-state index in [1.807, 2.05) is 11.4 Å². The molecule has 2 aromatic heterocycles. The standard InChI is InChI=1S/C17H20ClN3O3S/c18-16-15(4-1-6-19-16)24-12-13-11-21(8-9-23-13)17(22)20-7-5-14-3-2-10-25-14/h1-4,6,10,13H,5,7-9,11-12H2,(H,20,22). The Morgan fingerprint density at radius 2 is 2.40 bits per heavy atom. The molecule has 0 bridgehead atoms. The fourth-order valence-electron chi connectivity index (χ4n) is 2.53. The number of morpholine rings is 1.